The van der Waals surface area contributed by atoms with Crippen LogP contribution >= 0.6 is 0 Å². The Balaban J connectivity index is 2.82. The van der Waals surface area contributed by atoms with Gasteiger partial charge in [-0.05, 0) is 37.1 Å². The van der Waals surface area contributed by atoms with Gasteiger partial charge >= 0.3 is 5.97 Å². The average Bonchev–Trinajstić information content (AvgIpc) is 2.26. The maximum atomic E-state index is 10.7. The molecule has 0 spiro atoms. The van der Waals surface area contributed by atoms with E-state index in [-0.39, 0.29) is 0 Å². The molecule has 0 fully saturated rings. The van der Waals surface area contributed by atoms with Gasteiger partial charge in [0, 0.05) is 5.57 Å². The number of aliphatic carboxylic acids is 1. The van der Waals surface area contributed by atoms with Crippen molar-refractivity contribution in [3.05, 3.63) is 35.4 Å². The summed E-state index contributed by atoms with van der Waals surface area (Å²) < 4.78 is 5.46. The van der Waals surface area contributed by atoms with Crippen LogP contribution in [0.15, 0.2) is 29.8 Å². The first-order chi connectivity index (χ1) is 7.63. The standard InChI is InChI=1S/C13H16O3/c1-3-7-16-12-6-4-5-11(9-12)8-10(2)13(14)15/h4-6,8-9H,3,7H2,1-2H3,(H,14,15). The van der Waals surface area contributed by atoms with Crippen molar-refractivity contribution in [2.24, 2.45) is 0 Å². The van der Waals surface area contributed by atoms with E-state index in [1.807, 2.05) is 31.2 Å². The number of carboxylic acid groups (broad SMARTS) is 1. The van der Waals surface area contributed by atoms with Crippen LogP contribution in [0.5, 0.6) is 5.75 Å². The summed E-state index contributed by atoms with van der Waals surface area (Å²) in [5.74, 6) is -0.131. The van der Waals surface area contributed by atoms with E-state index in [4.69, 9.17) is 9.84 Å². The summed E-state index contributed by atoms with van der Waals surface area (Å²) in [4.78, 5) is 10.7. The predicted molar refractivity (Wildman–Crippen MR) is 63.5 cm³/mol. The van der Waals surface area contributed by atoms with Crippen molar-refractivity contribution in [1.82, 2.24) is 0 Å². The molecule has 0 aliphatic heterocycles. The van der Waals surface area contributed by atoms with Gasteiger partial charge in [0.1, 0.15) is 5.75 Å². The van der Waals surface area contributed by atoms with Gasteiger partial charge in [0.15, 0.2) is 0 Å². The number of rotatable bonds is 5. The minimum absolute atomic E-state index is 0.313. The fourth-order valence-corrected chi connectivity index (χ4v) is 1.23. The van der Waals surface area contributed by atoms with E-state index >= 15 is 0 Å². The lowest BCUT2D eigenvalue weighted by molar-refractivity contribution is -0.132. The molecular formula is C13H16O3. The molecule has 0 aliphatic rings. The largest absolute Gasteiger partial charge is 0.494 e. The van der Waals surface area contributed by atoms with E-state index in [9.17, 15) is 4.79 Å². The Labute approximate surface area is 95.4 Å². The molecule has 0 unspecified atom stereocenters. The highest BCUT2D eigenvalue weighted by Crippen LogP contribution is 2.16. The highest BCUT2D eigenvalue weighted by Gasteiger charge is 2.00. The van der Waals surface area contributed by atoms with Crippen molar-refractivity contribution in [2.45, 2.75) is 20.3 Å². The van der Waals surface area contributed by atoms with Gasteiger partial charge < -0.3 is 9.84 Å². The van der Waals surface area contributed by atoms with Crippen molar-refractivity contribution in [3.8, 4) is 5.75 Å². The summed E-state index contributed by atoms with van der Waals surface area (Å²) >= 11 is 0. The van der Waals surface area contributed by atoms with Crippen LogP contribution in [-0.2, 0) is 4.79 Å². The zero-order valence-corrected chi connectivity index (χ0v) is 9.56. The number of ether oxygens (including phenoxy) is 1. The zero-order chi connectivity index (χ0) is 12.0. The van der Waals surface area contributed by atoms with Crippen molar-refractivity contribution >= 4 is 12.0 Å². The Hall–Kier alpha value is -1.77. The molecule has 0 bridgehead atoms. The van der Waals surface area contributed by atoms with Gasteiger partial charge in [-0.25, -0.2) is 4.79 Å². The molecule has 86 valence electrons. The second kappa shape index (κ2) is 5.95. The van der Waals surface area contributed by atoms with E-state index in [1.165, 1.54) is 0 Å². The zero-order valence-electron chi connectivity index (χ0n) is 9.56. The fourth-order valence-electron chi connectivity index (χ4n) is 1.23. The van der Waals surface area contributed by atoms with Gasteiger partial charge in [0.2, 0.25) is 0 Å². The highest BCUT2D eigenvalue weighted by molar-refractivity contribution is 5.91. The number of hydrogen-bond acceptors (Lipinski definition) is 2. The van der Waals surface area contributed by atoms with Crippen LogP contribution in [-0.4, -0.2) is 17.7 Å². The molecule has 16 heavy (non-hydrogen) atoms. The fraction of sp³-hybridized carbons (Fsp3) is 0.308. The van der Waals surface area contributed by atoms with E-state index < -0.39 is 5.97 Å². The highest BCUT2D eigenvalue weighted by atomic mass is 16.5. The smallest absolute Gasteiger partial charge is 0.331 e. The van der Waals surface area contributed by atoms with E-state index in [0.29, 0.717) is 12.2 Å². The first kappa shape index (κ1) is 12.3. The van der Waals surface area contributed by atoms with Gasteiger partial charge in [0.25, 0.3) is 0 Å². The van der Waals surface area contributed by atoms with Gasteiger partial charge in [0.05, 0.1) is 6.61 Å². The van der Waals surface area contributed by atoms with Crippen LogP contribution in [0, 0.1) is 0 Å². The molecule has 0 heterocycles. The van der Waals surface area contributed by atoms with E-state index in [1.54, 1.807) is 13.0 Å². The molecule has 0 atom stereocenters. The number of carboxylic acids is 1. The second-order valence-corrected chi connectivity index (χ2v) is 3.55. The van der Waals surface area contributed by atoms with Gasteiger partial charge in [-0.15, -0.1) is 0 Å². The minimum Gasteiger partial charge on any atom is -0.494 e. The average molecular weight is 220 g/mol. The molecule has 1 N–H and O–H groups in total. The summed E-state index contributed by atoms with van der Waals surface area (Å²) in [6.45, 7) is 4.28. The topological polar surface area (TPSA) is 46.5 Å². The van der Waals surface area contributed by atoms with Crippen LogP contribution in [0.3, 0.4) is 0 Å². The minimum atomic E-state index is -0.903. The Bertz CT molecular complexity index is 394. The normalized spacial score (nSPS) is 11.2. The molecule has 0 aromatic heterocycles. The molecule has 0 saturated carbocycles. The lowest BCUT2D eigenvalue weighted by atomic mass is 10.1. The Morgan fingerprint density at radius 1 is 1.50 bits per heavy atom. The molecule has 3 heteroatoms. The number of carbonyl (C=O) groups is 1. The molecule has 3 nitrogen and oxygen atoms in total. The number of benzene rings is 1. The molecule has 0 saturated heterocycles. The second-order valence-electron chi connectivity index (χ2n) is 3.55. The third kappa shape index (κ3) is 3.77. The van der Waals surface area contributed by atoms with Crippen molar-refractivity contribution in [2.75, 3.05) is 6.61 Å². The van der Waals surface area contributed by atoms with E-state index in [0.717, 1.165) is 17.7 Å². The molecule has 0 aliphatic carbocycles. The van der Waals surface area contributed by atoms with Gasteiger partial charge in [-0.1, -0.05) is 19.1 Å². The van der Waals surface area contributed by atoms with Gasteiger partial charge in [-0.2, -0.15) is 0 Å². The lowest BCUT2D eigenvalue weighted by Gasteiger charge is -2.05. The summed E-state index contributed by atoms with van der Waals surface area (Å²) in [6.07, 6.45) is 2.58. The summed E-state index contributed by atoms with van der Waals surface area (Å²) in [5, 5.41) is 8.75. The van der Waals surface area contributed by atoms with Crippen molar-refractivity contribution in [3.63, 3.8) is 0 Å². The van der Waals surface area contributed by atoms with Crippen molar-refractivity contribution in [1.29, 1.82) is 0 Å². The Kier molecular flexibility index (Phi) is 4.58. The van der Waals surface area contributed by atoms with Gasteiger partial charge in [-0.3, -0.25) is 0 Å². The first-order valence-corrected chi connectivity index (χ1v) is 5.28. The third-order valence-electron chi connectivity index (χ3n) is 2.05. The molecule has 0 amide bonds. The van der Waals surface area contributed by atoms with Crippen LogP contribution in [0.2, 0.25) is 0 Å². The molecular weight excluding hydrogens is 204 g/mol. The monoisotopic (exact) mass is 220 g/mol. The Morgan fingerprint density at radius 2 is 2.25 bits per heavy atom. The SMILES string of the molecule is CCCOc1cccc(C=C(C)C(=O)O)c1. The molecule has 0 radical (unpaired) electrons. The van der Waals surface area contributed by atoms with Crippen LogP contribution in [0.1, 0.15) is 25.8 Å². The van der Waals surface area contributed by atoms with Crippen molar-refractivity contribution < 1.29 is 14.6 Å². The maximum Gasteiger partial charge on any atom is 0.331 e. The molecule has 1 aromatic rings. The predicted octanol–water partition coefficient (Wildman–Crippen LogP) is 2.96. The van der Waals surface area contributed by atoms with Crippen LogP contribution in [0.4, 0.5) is 0 Å². The first-order valence-electron chi connectivity index (χ1n) is 5.28. The third-order valence-corrected chi connectivity index (χ3v) is 2.05. The lowest BCUT2D eigenvalue weighted by Crippen LogP contribution is -1.96. The van der Waals surface area contributed by atoms with Crippen LogP contribution < -0.4 is 4.74 Å². The Morgan fingerprint density at radius 3 is 2.88 bits per heavy atom. The maximum absolute atomic E-state index is 10.7. The summed E-state index contributed by atoms with van der Waals surface area (Å²) in [6, 6.07) is 7.41. The van der Waals surface area contributed by atoms with E-state index in [2.05, 4.69) is 0 Å². The quantitative estimate of drug-likeness (QED) is 0.776. The van der Waals surface area contributed by atoms with Crippen LogP contribution in [0.25, 0.3) is 6.08 Å². The summed E-state index contributed by atoms with van der Waals surface area (Å²) in [7, 11) is 0. The summed E-state index contributed by atoms with van der Waals surface area (Å²) in [5.41, 5.74) is 1.15. The molecule has 1 aromatic carbocycles. The molecule has 1 rings (SSSR count). The number of hydrogen-bond donors (Lipinski definition) is 1.